The van der Waals surface area contributed by atoms with Gasteiger partial charge in [-0.2, -0.15) is 0 Å². The van der Waals surface area contributed by atoms with Crippen molar-refractivity contribution >= 4 is 0 Å². The van der Waals surface area contributed by atoms with Gasteiger partial charge < -0.3 is 14.6 Å². The Balaban J connectivity index is 3.04. The number of methoxy groups -OCH3 is 1. The first-order valence-electron chi connectivity index (χ1n) is 5.72. The van der Waals surface area contributed by atoms with Gasteiger partial charge in [0, 0.05) is 5.56 Å². The predicted molar refractivity (Wildman–Crippen MR) is 64.0 cm³/mol. The lowest BCUT2D eigenvalue weighted by Crippen LogP contribution is -2.04. The van der Waals surface area contributed by atoms with Gasteiger partial charge in [-0.15, -0.1) is 0 Å². The molecule has 0 aromatic heterocycles. The molecule has 0 aliphatic carbocycles. The number of para-hydroxylation sites is 1. The first-order valence-corrected chi connectivity index (χ1v) is 5.72. The third-order valence-electron chi connectivity index (χ3n) is 2.43. The van der Waals surface area contributed by atoms with E-state index in [4.69, 9.17) is 9.47 Å². The summed E-state index contributed by atoms with van der Waals surface area (Å²) >= 11 is 0. The molecular formula is C13H20O3. The number of aliphatic hydroxyl groups is 1. The van der Waals surface area contributed by atoms with E-state index in [0.29, 0.717) is 24.5 Å². The zero-order valence-electron chi connectivity index (χ0n) is 10.2. The van der Waals surface area contributed by atoms with E-state index >= 15 is 0 Å². The molecule has 0 fully saturated rings. The van der Waals surface area contributed by atoms with Crippen molar-refractivity contribution in [3.8, 4) is 11.5 Å². The second-order valence-corrected chi connectivity index (χ2v) is 3.65. The molecule has 0 heterocycles. The van der Waals surface area contributed by atoms with Gasteiger partial charge in [-0.1, -0.05) is 26.0 Å². The van der Waals surface area contributed by atoms with Crippen molar-refractivity contribution in [3.63, 3.8) is 0 Å². The first kappa shape index (κ1) is 12.8. The van der Waals surface area contributed by atoms with Crippen LogP contribution in [0.5, 0.6) is 11.5 Å². The molecule has 3 nitrogen and oxygen atoms in total. The highest BCUT2D eigenvalue weighted by atomic mass is 16.5. The van der Waals surface area contributed by atoms with Crippen LogP contribution >= 0.6 is 0 Å². The predicted octanol–water partition coefficient (Wildman–Crippen LogP) is 2.93. The van der Waals surface area contributed by atoms with Gasteiger partial charge in [0.25, 0.3) is 0 Å². The second kappa shape index (κ2) is 6.38. The largest absolute Gasteiger partial charge is 0.493 e. The molecule has 0 aliphatic rings. The quantitative estimate of drug-likeness (QED) is 0.807. The number of hydrogen-bond donors (Lipinski definition) is 1. The minimum atomic E-state index is -0.498. The minimum Gasteiger partial charge on any atom is -0.493 e. The smallest absolute Gasteiger partial charge is 0.166 e. The van der Waals surface area contributed by atoms with Crippen LogP contribution in [0.15, 0.2) is 18.2 Å². The molecule has 0 spiro atoms. The average molecular weight is 224 g/mol. The van der Waals surface area contributed by atoms with Gasteiger partial charge in [0.05, 0.1) is 19.8 Å². The van der Waals surface area contributed by atoms with Crippen molar-refractivity contribution in [3.05, 3.63) is 23.8 Å². The third kappa shape index (κ3) is 2.89. The summed E-state index contributed by atoms with van der Waals surface area (Å²) < 4.78 is 10.9. The van der Waals surface area contributed by atoms with Crippen LogP contribution in [0.3, 0.4) is 0 Å². The van der Waals surface area contributed by atoms with E-state index in [0.717, 1.165) is 12.0 Å². The molecule has 90 valence electrons. The minimum absolute atomic E-state index is 0.498. The molecule has 1 aromatic rings. The Morgan fingerprint density at radius 1 is 1.31 bits per heavy atom. The van der Waals surface area contributed by atoms with Crippen molar-refractivity contribution < 1.29 is 14.6 Å². The fourth-order valence-electron chi connectivity index (χ4n) is 1.53. The lowest BCUT2D eigenvalue weighted by molar-refractivity contribution is 0.165. The Bertz CT molecular complexity index is 323. The standard InChI is InChI=1S/C13H20O3/c1-4-9-16-13-10(11(14)5-2)7-6-8-12(13)15-3/h6-8,11,14H,4-5,9H2,1-3H3. The highest BCUT2D eigenvalue weighted by Gasteiger charge is 2.15. The van der Waals surface area contributed by atoms with Gasteiger partial charge in [0.1, 0.15) is 0 Å². The molecule has 0 saturated carbocycles. The molecule has 0 amide bonds. The van der Waals surface area contributed by atoms with Crippen LogP contribution in [0.2, 0.25) is 0 Å². The van der Waals surface area contributed by atoms with Crippen molar-refractivity contribution in [2.24, 2.45) is 0 Å². The lowest BCUT2D eigenvalue weighted by atomic mass is 10.1. The zero-order valence-corrected chi connectivity index (χ0v) is 10.2. The molecule has 1 aromatic carbocycles. The van der Waals surface area contributed by atoms with Gasteiger partial charge in [0.2, 0.25) is 0 Å². The summed E-state index contributed by atoms with van der Waals surface area (Å²) in [5, 5.41) is 9.89. The van der Waals surface area contributed by atoms with Crippen molar-refractivity contribution in [1.29, 1.82) is 0 Å². The molecule has 1 rings (SSSR count). The average Bonchev–Trinajstić information content (AvgIpc) is 2.34. The number of benzene rings is 1. The molecule has 1 atom stereocenters. The molecule has 1 unspecified atom stereocenters. The van der Waals surface area contributed by atoms with Crippen molar-refractivity contribution in [2.45, 2.75) is 32.8 Å². The Labute approximate surface area is 97.0 Å². The Hall–Kier alpha value is -1.22. The van der Waals surface area contributed by atoms with Crippen LogP contribution in [0.1, 0.15) is 38.4 Å². The first-order chi connectivity index (χ1) is 7.74. The fraction of sp³-hybridized carbons (Fsp3) is 0.538. The van der Waals surface area contributed by atoms with Crippen LogP contribution in [0.4, 0.5) is 0 Å². The van der Waals surface area contributed by atoms with E-state index in [-0.39, 0.29) is 0 Å². The SMILES string of the molecule is CCCOc1c(OC)cccc1C(O)CC. The summed E-state index contributed by atoms with van der Waals surface area (Å²) in [4.78, 5) is 0. The molecule has 0 aliphatic heterocycles. The maximum absolute atomic E-state index is 9.89. The van der Waals surface area contributed by atoms with Gasteiger partial charge in [-0.25, -0.2) is 0 Å². The number of ether oxygens (including phenoxy) is 2. The monoisotopic (exact) mass is 224 g/mol. The number of hydrogen-bond acceptors (Lipinski definition) is 3. The van der Waals surface area contributed by atoms with Crippen LogP contribution in [0, 0.1) is 0 Å². The maximum Gasteiger partial charge on any atom is 0.166 e. The summed E-state index contributed by atoms with van der Waals surface area (Å²) in [5.41, 5.74) is 0.801. The van der Waals surface area contributed by atoms with E-state index in [9.17, 15) is 5.11 Å². The van der Waals surface area contributed by atoms with E-state index < -0.39 is 6.10 Å². The van der Waals surface area contributed by atoms with E-state index in [1.807, 2.05) is 32.0 Å². The van der Waals surface area contributed by atoms with Gasteiger partial charge in [-0.3, -0.25) is 0 Å². The number of aliphatic hydroxyl groups excluding tert-OH is 1. The molecule has 1 N–H and O–H groups in total. The third-order valence-corrected chi connectivity index (χ3v) is 2.43. The molecule has 0 saturated heterocycles. The highest BCUT2D eigenvalue weighted by molar-refractivity contribution is 5.47. The van der Waals surface area contributed by atoms with Crippen molar-refractivity contribution in [2.75, 3.05) is 13.7 Å². The van der Waals surface area contributed by atoms with Crippen LogP contribution in [0.25, 0.3) is 0 Å². The van der Waals surface area contributed by atoms with Crippen LogP contribution < -0.4 is 9.47 Å². The van der Waals surface area contributed by atoms with E-state index in [1.165, 1.54) is 0 Å². The lowest BCUT2D eigenvalue weighted by Gasteiger charge is -2.17. The molecule has 0 bridgehead atoms. The zero-order chi connectivity index (χ0) is 12.0. The summed E-state index contributed by atoms with van der Waals surface area (Å²) in [6.07, 6.45) is 1.09. The van der Waals surface area contributed by atoms with Crippen LogP contribution in [-0.4, -0.2) is 18.8 Å². The van der Waals surface area contributed by atoms with E-state index in [2.05, 4.69) is 0 Å². The Morgan fingerprint density at radius 2 is 2.06 bits per heavy atom. The maximum atomic E-state index is 9.89. The second-order valence-electron chi connectivity index (χ2n) is 3.65. The van der Waals surface area contributed by atoms with E-state index in [1.54, 1.807) is 7.11 Å². The summed E-state index contributed by atoms with van der Waals surface area (Å²) in [6, 6.07) is 5.59. The Kier molecular flexibility index (Phi) is 5.12. The van der Waals surface area contributed by atoms with Crippen molar-refractivity contribution in [1.82, 2.24) is 0 Å². The van der Waals surface area contributed by atoms with Crippen LogP contribution in [-0.2, 0) is 0 Å². The summed E-state index contributed by atoms with van der Waals surface area (Å²) in [6.45, 7) is 4.61. The normalized spacial score (nSPS) is 12.2. The summed E-state index contributed by atoms with van der Waals surface area (Å²) in [5.74, 6) is 1.35. The summed E-state index contributed by atoms with van der Waals surface area (Å²) in [7, 11) is 1.61. The molecule has 3 heteroatoms. The topological polar surface area (TPSA) is 38.7 Å². The molecular weight excluding hydrogens is 204 g/mol. The Morgan fingerprint density at radius 3 is 2.62 bits per heavy atom. The van der Waals surface area contributed by atoms with Gasteiger partial charge >= 0.3 is 0 Å². The van der Waals surface area contributed by atoms with Gasteiger partial charge in [0.15, 0.2) is 11.5 Å². The molecule has 0 radical (unpaired) electrons. The number of rotatable bonds is 6. The molecule has 16 heavy (non-hydrogen) atoms. The fourth-order valence-corrected chi connectivity index (χ4v) is 1.53. The van der Waals surface area contributed by atoms with Gasteiger partial charge in [-0.05, 0) is 18.9 Å². The highest BCUT2D eigenvalue weighted by Crippen LogP contribution is 2.35.